The number of aliphatic carboxylic acids is 1. The van der Waals surface area contributed by atoms with Crippen LogP contribution < -0.4 is 5.32 Å². The molecule has 1 saturated heterocycles. The zero-order valence-corrected chi connectivity index (χ0v) is 12.5. The number of hydrogen-bond donors (Lipinski definition) is 2. The van der Waals surface area contributed by atoms with Gasteiger partial charge in [-0.25, -0.2) is 0 Å². The highest BCUT2D eigenvalue weighted by Crippen LogP contribution is 2.48. The predicted octanol–water partition coefficient (Wildman–Crippen LogP) is 1.91. The predicted molar refractivity (Wildman–Crippen MR) is 78.5 cm³/mol. The maximum Gasteiger partial charge on any atom is 0.307 e. The Morgan fingerprint density at radius 1 is 1.35 bits per heavy atom. The lowest BCUT2D eigenvalue weighted by atomic mass is 9.82. The van der Waals surface area contributed by atoms with E-state index in [1.54, 1.807) is 0 Å². The summed E-state index contributed by atoms with van der Waals surface area (Å²) in [5.41, 5.74) is 0. The van der Waals surface area contributed by atoms with Gasteiger partial charge in [-0.2, -0.15) is 11.8 Å². The molecule has 4 nitrogen and oxygen atoms in total. The van der Waals surface area contributed by atoms with Crippen LogP contribution >= 0.6 is 11.8 Å². The lowest BCUT2D eigenvalue weighted by Gasteiger charge is -2.27. The second kappa shape index (κ2) is 5.10. The van der Waals surface area contributed by atoms with Gasteiger partial charge in [0.1, 0.15) is 0 Å². The Labute approximate surface area is 123 Å². The number of nitrogens with one attached hydrogen (secondary N) is 1. The molecule has 0 spiro atoms. The topological polar surface area (TPSA) is 66.4 Å². The number of carboxylic acids is 1. The van der Waals surface area contributed by atoms with Crippen molar-refractivity contribution in [2.75, 3.05) is 12.3 Å². The van der Waals surface area contributed by atoms with Crippen molar-refractivity contribution in [2.24, 2.45) is 23.7 Å². The van der Waals surface area contributed by atoms with Crippen LogP contribution in [0.1, 0.15) is 26.2 Å². The highest BCUT2D eigenvalue weighted by molar-refractivity contribution is 8.00. The maximum atomic E-state index is 12.4. The molecule has 2 N–H and O–H groups in total. The number of amides is 1. The van der Waals surface area contributed by atoms with E-state index in [4.69, 9.17) is 0 Å². The molecule has 3 rings (SSSR count). The highest BCUT2D eigenvalue weighted by Gasteiger charge is 2.51. The van der Waals surface area contributed by atoms with E-state index in [-0.39, 0.29) is 28.4 Å². The molecule has 20 heavy (non-hydrogen) atoms. The normalized spacial score (nSPS) is 42.0. The molecule has 2 fully saturated rings. The fourth-order valence-electron chi connectivity index (χ4n) is 3.88. The Hall–Kier alpha value is -0.970. The van der Waals surface area contributed by atoms with Crippen LogP contribution in [0.25, 0.3) is 0 Å². The molecule has 1 amide bonds. The molecule has 2 aliphatic carbocycles. The Bertz CT molecular complexity index is 456. The molecule has 3 unspecified atom stereocenters. The summed E-state index contributed by atoms with van der Waals surface area (Å²) >= 11 is 1.91. The van der Waals surface area contributed by atoms with Gasteiger partial charge in [0.15, 0.2) is 0 Å². The first-order valence-corrected chi connectivity index (χ1v) is 8.31. The molecule has 2 bridgehead atoms. The Balaban J connectivity index is 1.64. The van der Waals surface area contributed by atoms with Gasteiger partial charge in [0.05, 0.1) is 11.8 Å². The summed E-state index contributed by atoms with van der Waals surface area (Å²) in [5, 5.41) is 12.4. The molecular formula is C15H21NO3S. The number of carboxylic acid groups (broad SMARTS) is 1. The average molecular weight is 295 g/mol. The third-order valence-corrected chi connectivity index (χ3v) is 6.52. The number of allylic oxidation sites excluding steroid dienone is 2. The third-order valence-electron chi connectivity index (χ3n) is 4.98. The first-order valence-electron chi connectivity index (χ1n) is 7.33. The summed E-state index contributed by atoms with van der Waals surface area (Å²) in [6.07, 6.45) is 7.14. The largest absolute Gasteiger partial charge is 0.481 e. The van der Waals surface area contributed by atoms with E-state index in [9.17, 15) is 14.7 Å². The molecule has 5 atom stereocenters. The summed E-state index contributed by atoms with van der Waals surface area (Å²) in [6, 6.07) is 0. The molecule has 1 saturated carbocycles. The first kappa shape index (κ1) is 14.0. The van der Waals surface area contributed by atoms with Crippen LogP contribution in [0.2, 0.25) is 0 Å². The van der Waals surface area contributed by atoms with Crippen LogP contribution in [0.4, 0.5) is 0 Å². The molecule has 1 heterocycles. The van der Waals surface area contributed by atoms with E-state index < -0.39 is 11.9 Å². The molecule has 1 aliphatic heterocycles. The van der Waals surface area contributed by atoms with Crippen molar-refractivity contribution in [1.29, 1.82) is 0 Å². The second-order valence-electron chi connectivity index (χ2n) is 6.46. The lowest BCUT2D eigenvalue weighted by Crippen LogP contribution is -2.44. The van der Waals surface area contributed by atoms with Crippen LogP contribution in [-0.4, -0.2) is 34.0 Å². The van der Waals surface area contributed by atoms with Crippen molar-refractivity contribution in [3.05, 3.63) is 12.2 Å². The van der Waals surface area contributed by atoms with Gasteiger partial charge in [0.2, 0.25) is 5.91 Å². The van der Waals surface area contributed by atoms with Gasteiger partial charge in [0, 0.05) is 11.3 Å². The summed E-state index contributed by atoms with van der Waals surface area (Å²) in [7, 11) is 0. The molecule has 0 aromatic heterocycles. The number of fused-ring (bicyclic) bond motifs is 2. The van der Waals surface area contributed by atoms with Crippen LogP contribution in [-0.2, 0) is 9.59 Å². The molecule has 5 heteroatoms. The van der Waals surface area contributed by atoms with Gasteiger partial charge < -0.3 is 10.4 Å². The minimum atomic E-state index is -0.830. The maximum absolute atomic E-state index is 12.4. The smallest absolute Gasteiger partial charge is 0.307 e. The summed E-state index contributed by atoms with van der Waals surface area (Å²) in [6.45, 7) is 2.83. The zero-order valence-electron chi connectivity index (χ0n) is 11.7. The fraction of sp³-hybridized carbons (Fsp3) is 0.733. The van der Waals surface area contributed by atoms with E-state index in [0.717, 1.165) is 18.6 Å². The van der Waals surface area contributed by atoms with Gasteiger partial charge >= 0.3 is 5.97 Å². The van der Waals surface area contributed by atoms with Crippen LogP contribution in [0, 0.1) is 23.7 Å². The van der Waals surface area contributed by atoms with Gasteiger partial charge in [-0.3, -0.25) is 9.59 Å². The van der Waals surface area contributed by atoms with Crippen LogP contribution in [0.5, 0.6) is 0 Å². The van der Waals surface area contributed by atoms with E-state index >= 15 is 0 Å². The van der Waals surface area contributed by atoms with Crippen molar-refractivity contribution >= 4 is 23.6 Å². The first-order chi connectivity index (χ1) is 9.50. The average Bonchev–Trinajstić information content (AvgIpc) is 3.10. The van der Waals surface area contributed by atoms with E-state index in [1.807, 2.05) is 23.9 Å². The van der Waals surface area contributed by atoms with E-state index in [2.05, 4.69) is 12.2 Å². The van der Waals surface area contributed by atoms with Crippen molar-refractivity contribution < 1.29 is 14.7 Å². The molecule has 0 radical (unpaired) electrons. The lowest BCUT2D eigenvalue weighted by molar-refractivity contribution is -0.147. The fourth-order valence-corrected chi connectivity index (χ4v) is 5.13. The van der Waals surface area contributed by atoms with Gasteiger partial charge in [0.25, 0.3) is 0 Å². The standard InChI is InChI=1S/C15H21NO3S/c1-15(5-2-6-20-15)8-16-13(17)11-9-3-4-10(7-9)12(11)14(18)19/h3-4,9-12H,2,5-8H2,1H3,(H,16,17)(H,18,19)/t9?,10?,11-,12+,15?/m0/s1. The molecule has 110 valence electrons. The molecule has 0 aromatic carbocycles. The van der Waals surface area contributed by atoms with Crippen molar-refractivity contribution in [2.45, 2.75) is 30.9 Å². The molecule has 3 aliphatic rings. The monoisotopic (exact) mass is 295 g/mol. The number of rotatable bonds is 4. The minimum absolute atomic E-state index is 0.0460. The van der Waals surface area contributed by atoms with Gasteiger partial charge in [-0.05, 0) is 43.8 Å². The Kier molecular flexibility index (Phi) is 3.56. The summed E-state index contributed by atoms with van der Waals surface area (Å²) in [4.78, 5) is 23.8. The summed E-state index contributed by atoms with van der Waals surface area (Å²) < 4.78 is 0.127. The highest BCUT2D eigenvalue weighted by atomic mass is 32.2. The second-order valence-corrected chi connectivity index (χ2v) is 8.14. The van der Waals surface area contributed by atoms with Crippen molar-refractivity contribution in [3.63, 3.8) is 0 Å². The van der Waals surface area contributed by atoms with Crippen molar-refractivity contribution in [3.8, 4) is 0 Å². The zero-order chi connectivity index (χ0) is 14.3. The summed E-state index contributed by atoms with van der Waals surface area (Å²) in [5.74, 6) is -0.492. The molecule has 0 aromatic rings. The van der Waals surface area contributed by atoms with E-state index in [0.29, 0.717) is 6.54 Å². The van der Waals surface area contributed by atoms with Gasteiger partial charge in [-0.15, -0.1) is 0 Å². The quantitative estimate of drug-likeness (QED) is 0.778. The van der Waals surface area contributed by atoms with E-state index in [1.165, 1.54) is 6.42 Å². The number of carbonyl (C=O) groups excluding carboxylic acids is 1. The van der Waals surface area contributed by atoms with Crippen molar-refractivity contribution in [1.82, 2.24) is 5.32 Å². The number of thioether (sulfide) groups is 1. The SMILES string of the molecule is CC1(CNC(=O)[C@H]2C3C=CC(C3)[C@H]2C(=O)O)CCCS1. The van der Waals surface area contributed by atoms with Crippen LogP contribution in [0.15, 0.2) is 12.2 Å². The van der Waals surface area contributed by atoms with Gasteiger partial charge in [-0.1, -0.05) is 12.2 Å². The Morgan fingerprint density at radius 3 is 2.65 bits per heavy atom. The minimum Gasteiger partial charge on any atom is -0.481 e. The molecular weight excluding hydrogens is 274 g/mol. The Morgan fingerprint density at radius 2 is 2.05 bits per heavy atom. The third kappa shape index (κ3) is 2.36. The number of hydrogen-bond acceptors (Lipinski definition) is 3. The number of carbonyl (C=O) groups is 2. The van der Waals surface area contributed by atoms with Crippen LogP contribution in [0.3, 0.4) is 0 Å².